The molecular weight excluding hydrogens is 439 g/mol. The summed E-state index contributed by atoms with van der Waals surface area (Å²) in [5.41, 5.74) is 6.46. The van der Waals surface area contributed by atoms with Crippen LogP contribution in [0.25, 0.3) is 0 Å². The van der Waals surface area contributed by atoms with Crippen LogP contribution in [0.15, 0.2) is 24.3 Å². The van der Waals surface area contributed by atoms with Crippen molar-refractivity contribution >= 4 is 19.5 Å². The van der Waals surface area contributed by atoms with E-state index in [9.17, 15) is 14.3 Å². The number of likely N-dealkylation sites (N-methyl/N-ethyl adjacent to an activating group) is 1. The lowest BCUT2D eigenvalue weighted by molar-refractivity contribution is -0.873. The van der Waals surface area contributed by atoms with Gasteiger partial charge in [-0.1, -0.05) is 37.8 Å². The number of para-hydroxylation sites is 2. The number of carbonyl (C=O) groups is 1. The summed E-state index contributed by atoms with van der Waals surface area (Å²) in [5.74, 6) is -0.376. The third kappa shape index (κ3) is 15.2. The molecule has 0 aliphatic heterocycles. The molecule has 5 N–H and O–H groups in total. The van der Waals surface area contributed by atoms with E-state index in [2.05, 4.69) is 0 Å². The Kier molecular flexibility index (Phi) is 14.4. The number of hydrogen-bond donors (Lipinski definition) is 3. The Balaban J connectivity index is 0.00000961. The molecule has 0 bridgehead atoms. The van der Waals surface area contributed by atoms with Gasteiger partial charge in [0.05, 0.1) is 46.5 Å². The molecule has 0 saturated carbocycles. The number of phosphoric acid groups is 1. The van der Waals surface area contributed by atoms with Crippen LogP contribution in [0, 0.1) is 0 Å². The van der Waals surface area contributed by atoms with Crippen LogP contribution in [0.2, 0.25) is 0 Å². The minimum atomic E-state index is -4.29. The van der Waals surface area contributed by atoms with E-state index in [0.717, 1.165) is 32.1 Å². The third-order valence-corrected chi connectivity index (χ3v) is 5.48. The van der Waals surface area contributed by atoms with Gasteiger partial charge in [-0.05, 0) is 25.0 Å². The summed E-state index contributed by atoms with van der Waals surface area (Å²) in [5, 5.41) is 8.99. The lowest BCUT2D eigenvalue weighted by Gasteiger charge is -2.29. The minimum Gasteiger partial charge on any atom is -0.870 e. The number of nitrogens with zero attached hydrogens (tertiary/aromatic N) is 1. The molecule has 0 aromatic heterocycles. The average molecular weight is 479 g/mol. The van der Waals surface area contributed by atoms with Crippen LogP contribution in [0.4, 0.5) is 5.69 Å². The minimum absolute atomic E-state index is 0. The standard InChI is InChI=1S/C21H37N2O7P.H2O/c1-23(2,3)17-18(16-21(24)25)30-31(26,27)29-15-11-7-5-4-6-10-14-28-20-13-9-8-12-19(20)22;/h8-9,12-13,18H,4-7,10-11,14-17,22H2,1-3H3,(H-,24,25,26,27);1H2. The Morgan fingerprint density at radius 1 is 1.06 bits per heavy atom. The Morgan fingerprint density at radius 2 is 1.62 bits per heavy atom. The Bertz CT molecular complexity index is 711. The number of nitrogens with two attached hydrogens (primary N) is 1. The van der Waals surface area contributed by atoms with E-state index in [1.165, 1.54) is 0 Å². The van der Waals surface area contributed by atoms with Crippen LogP contribution in [-0.4, -0.2) is 72.9 Å². The van der Waals surface area contributed by atoms with E-state index in [1.54, 1.807) is 0 Å². The molecule has 0 aliphatic rings. The molecule has 32 heavy (non-hydrogen) atoms. The number of anilines is 1. The van der Waals surface area contributed by atoms with Gasteiger partial charge >= 0.3 is 13.8 Å². The van der Waals surface area contributed by atoms with Crippen LogP contribution < -0.4 is 10.5 Å². The predicted molar refractivity (Wildman–Crippen MR) is 122 cm³/mol. The van der Waals surface area contributed by atoms with Crippen molar-refractivity contribution in [3.63, 3.8) is 0 Å². The van der Waals surface area contributed by atoms with Crippen LogP contribution in [0.3, 0.4) is 0 Å². The number of carboxylic acids is 1. The predicted octanol–water partition coefficient (Wildman–Crippen LogP) is 3.49. The van der Waals surface area contributed by atoms with Gasteiger partial charge in [0.2, 0.25) is 0 Å². The molecule has 0 heterocycles. The number of ether oxygens (including phenoxy) is 1. The molecule has 0 radical (unpaired) electrons. The molecule has 0 saturated heterocycles. The first kappa shape index (κ1) is 30.3. The third-order valence-electron chi connectivity index (χ3n) is 4.41. The number of phosphoric ester groups is 1. The fourth-order valence-corrected chi connectivity index (χ4v) is 3.98. The maximum Gasteiger partial charge on any atom is 0.472 e. The first-order chi connectivity index (χ1) is 14.5. The molecule has 2 atom stereocenters. The van der Waals surface area contributed by atoms with Crippen molar-refractivity contribution in [2.24, 2.45) is 0 Å². The Labute approximate surface area is 190 Å². The zero-order valence-corrected chi connectivity index (χ0v) is 20.2. The summed E-state index contributed by atoms with van der Waals surface area (Å²) >= 11 is 0. The van der Waals surface area contributed by atoms with Crippen molar-refractivity contribution in [3.05, 3.63) is 24.3 Å². The highest BCUT2D eigenvalue weighted by atomic mass is 31.2. The second kappa shape index (κ2) is 15.2. The molecule has 1 aromatic carbocycles. The summed E-state index contributed by atoms with van der Waals surface area (Å²) in [7, 11) is 1.26. The van der Waals surface area contributed by atoms with Gasteiger partial charge in [0, 0.05) is 0 Å². The number of hydrogen-bond acceptors (Lipinski definition) is 7. The molecule has 186 valence electrons. The summed E-state index contributed by atoms with van der Waals surface area (Å²) in [6, 6.07) is 7.42. The fourth-order valence-electron chi connectivity index (χ4n) is 3.04. The van der Waals surface area contributed by atoms with Gasteiger partial charge in [-0.3, -0.25) is 13.8 Å². The van der Waals surface area contributed by atoms with Crippen molar-refractivity contribution in [2.75, 3.05) is 46.6 Å². The molecule has 2 unspecified atom stereocenters. The zero-order valence-electron chi connectivity index (χ0n) is 19.3. The molecule has 0 aliphatic carbocycles. The maximum absolute atomic E-state index is 12.1. The molecule has 0 spiro atoms. The van der Waals surface area contributed by atoms with E-state index < -0.39 is 19.9 Å². The molecule has 0 amide bonds. The van der Waals surface area contributed by atoms with Crippen LogP contribution >= 0.6 is 7.82 Å². The van der Waals surface area contributed by atoms with Crippen LogP contribution in [-0.2, 0) is 18.4 Å². The second-order valence-electron chi connectivity index (χ2n) is 8.61. The molecule has 11 heteroatoms. The maximum atomic E-state index is 12.1. The molecular formula is C21H39N2O8P. The highest BCUT2D eigenvalue weighted by molar-refractivity contribution is 7.47. The van der Waals surface area contributed by atoms with E-state index in [-0.39, 0.29) is 25.0 Å². The zero-order chi connectivity index (χ0) is 23.3. The van der Waals surface area contributed by atoms with Crippen molar-refractivity contribution in [1.29, 1.82) is 0 Å². The van der Waals surface area contributed by atoms with Gasteiger partial charge in [0.15, 0.2) is 0 Å². The summed E-state index contributed by atoms with van der Waals surface area (Å²) in [4.78, 5) is 20.9. The Hall–Kier alpha value is -1.68. The van der Waals surface area contributed by atoms with Gasteiger partial charge in [-0.15, -0.1) is 0 Å². The largest absolute Gasteiger partial charge is 0.870 e. The van der Waals surface area contributed by atoms with Crippen LogP contribution in [0.5, 0.6) is 5.75 Å². The van der Waals surface area contributed by atoms with Crippen LogP contribution in [0.1, 0.15) is 44.9 Å². The van der Waals surface area contributed by atoms with Crippen molar-refractivity contribution in [2.45, 2.75) is 51.0 Å². The first-order valence-corrected chi connectivity index (χ1v) is 12.1. The highest BCUT2D eigenvalue weighted by Crippen LogP contribution is 2.45. The lowest BCUT2D eigenvalue weighted by Crippen LogP contribution is -2.42. The van der Waals surface area contributed by atoms with Crippen molar-refractivity contribution in [3.8, 4) is 5.75 Å². The highest BCUT2D eigenvalue weighted by Gasteiger charge is 2.31. The van der Waals surface area contributed by atoms with E-state index in [1.807, 2.05) is 45.4 Å². The molecule has 10 nitrogen and oxygen atoms in total. The monoisotopic (exact) mass is 478 g/mol. The summed E-state index contributed by atoms with van der Waals surface area (Å²) in [6.07, 6.45) is 4.21. The average Bonchev–Trinajstić information content (AvgIpc) is 2.62. The number of unbranched alkanes of at least 4 members (excludes halogenated alkanes) is 5. The fraction of sp³-hybridized carbons (Fsp3) is 0.667. The molecule has 0 fully saturated rings. The topological polar surface area (TPSA) is 158 Å². The number of benzene rings is 1. The van der Waals surface area contributed by atoms with Gasteiger partial charge in [0.1, 0.15) is 18.4 Å². The molecule has 1 rings (SSSR count). The number of rotatable bonds is 17. The number of quaternary nitrogens is 1. The van der Waals surface area contributed by atoms with E-state index in [4.69, 9.17) is 24.6 Å². The van der Waals surface area contributed by atoms with Gasteiger partial charge in [0.25, 0.3) is 0 Å². The number of aliphatic carboxylic acids is 1. The summed E-state index contributed by atoms with van der Waals surface area (Å²) < 4.78 is 28.3. The van der Waals surface area contributed by atoms with E-state index >= 15 is 0 Å². The van der Waals surface area contributed by atoms with Gasteiger partial charge in [-0.25, -0.2) is 4.57 Å². The second-order valence-corrected chi connectivity index (χ2v) is 10.0. The first-order valence-electron chi connectivity index (χ1n) is 10.6. The number of nitrogen functional groups attached to an aromatic ring is 1. The SMILES string of the molecule is C[N+](C)(C)CC(CC(=O)O)OP(=O)(O)OCCCCCCCCOc1ccccc1N.[OH-]. The van der Waals surface area contributed by atoms with Crippen molar-refractivity contribution < 1.29 is 43.1 Å². The quantitative estimate of drug-likeness (QED) is 0.132. The Morgan fingerprint density at radius 3 is 2.19 bits per heavy atom. The smallest absolute Gasteiger partial charge is 0.472 e. The van der Waals surface area contributed by atoms with Gasteiger partial charge < -0.3 is 30.4 Å². The normalized spacial score (nSPS) is 14.2. The van der Waals surface area contributed by atoms with E-state index in [0.29, 0.717) is 28.9 Å². The molecule has 1 aromatic rings. The lowest BCUT2D eigenvalue weighted by atomic mass is 10.1. The summed E-state index contributed by atoms with van der Waals surface area (Å²) in [6.45, 7) is 0.988. The van der Waals surface area contributed by atoms with Gasteiger partial charge in [-0.2, -0.15) is 0 Å². The number of carboxylic acid groups (broad SMARTS) is 1. The van der Waals surface area contributed by atoms with Crippen molar-refractivity contribution in [1.82, 2.24) is 0 Å².